The summed E-state index contributed by atoms with van der Waals surface area (Å²) in [6, 6.07) is 10.2. The standard InChI is InChI=1S/C16H20BrNO2S/c1-12-8-13(5-6-16(12)17)18(2)9-14(19)10-20-11-15-4-3-7-21-15/h3-8,14,19H,9-11H2,1-2H3. The van der Waals surface area contributed by atoms with Gasteiger partial charge in [-0.2, -0.15) is 0 Å². The number of likely N-dealkylation sites (N-methyl/N-ethyl adjacent to an activating group) is 1. The number of hydrogen-bond acceptors (Lipinski definition) is 4. The molecule has 5 heteroatoms. The molecule has 1 aromatic carbocycles. The molecule has 2 aromatic rings. The lowest BCUT2D eigenvalue weighted by Crippen LogP contribution is -2.32. The molecule has 0 saturated carbocycles. The third-order valence-electron chi connectivity index (χ3n) is 3.20. The van der Waals surface area contributed by atoms with Crippen molar-refractivity contribution in [3.05, 3.63) is 50.6 Å². The van der Waals surface area contributed by atoms with Gasteiger partial charge in [0.25, 0.3) is 0 Å². The minimum absolute atomic E-state index is 0.345. The molecule has 1 atom stereocenters. The zero-order valence-corrected chi connectivity index (χ0v) is 14.7. The summed E-state index contributed by atoms with van der Waals surface area (Å²) in [5.41, 5.74) is 2.27. The normalized spacial score (nSPS) is 12.4. The highest BCUT2D eigenvalue weighted by molar-refractivity contribution is 9.10. The summed E-state index contributed by atoms with van der Waals surface area (Å²) in [6.45, 7) is 3.51. The largest absolute Gasteiger partial charge is 0.389 e. The van der Waals surface area contributed by atoms with Crippen molar-refractivity contribution in [2.75, 3.05) is 25.1 Å². The molecule has 0 aliphatic rings. The first-order valence-corrected chi connectivity index (χ1v) is 8.49. The molecule has 2 rings (SSSR count). The molecular formula is C16H20BrNO2S. The summed E-state index contributed by atoms with van der Waals surface area (Å²) in [6.07, 6.45) is -0.501. The van der Waals surface area contributed by atoms with Gasteiger partial charge in [-0.25, -0.2) is 0 Å². The molecule has 0 spiro atoms. The van der Waals surface area contributed by atoms with Crippen molar-refractivity contribution in [2.45, 2.75) is 19.6 Å². The molecule has 0 bridgehead atoms. The van der Waals surface area contributed by atoms with E-state index < -0.39 is 6.10 Å². The van der Waals surface area contributed by atoms with Gasteiger partial charge in [0.15, 0.2) is 0 Å². The van der Waals surface area contributed by atoms with Crippen molar-refractivity contribution in [3.63, 3.8) is 0 Å². The van der Waals surface area contributed by atoms with Gasteiger partial charge in [0.2, 0.25) is 0 Å². The van der Waals surface area contributed by atoms with Crippen LogP contribution in [0.15, 0.2) is 40.2 Å². The van der Waals surface area contributed by atoms with Crippen molar-refractivity contribution in [1.29, 1.82) is 0 Å². The highest BCUT2D eigenvalue weighted by Gasteiger charge is 2.10. The molecule has 1 heterocycles. The Hall–Kier alpha value is -0.880. The third-order valence-corrected chi connectivity index (χ3v) is 4.94. The topological polar surface area (TPSA) is 32.7 Å². The second-order valence-corrected chi connectivity index (χ2v) is 6.95. The average molecular weight is 370 g/mol. The number of thiophene rings is 1. The predicted molar refractivity (Wildman–Crippen MR) is 92.1 cm³/mol. The number of benzene rings is 1. The fourth-order valence-corrected chi connectivity index (χ4v) is 2.92. The van der Waals surface area contributed by atoms with Crippen LogP contribution in [-0.4, -0.2) is 31.4 Å². The molecule has 0 amide bonds. The number of aryl methyl sites for hydroxylation is 1. The molecule has 3 nitrogen and oxygen atoms in total. The minimum atomic E-state index is -0.501. The van der Waals surface area contributed by atoms with E-state index in [1.807, 2.05) is 41.6 Å². The van der Waals surface area contributed by atoms with E-state index in [1.165, 1.54) is 10.4 Å². The van der Waals surface area contributed by atoms with Crippen LogP contribution in [0, 0.1) is 6.92 Å². The van der Waals surface area contributed by atoms with Crippen LogP contribution in [0.4, 0.5) is 5.69 Å². The van der Waals surface area contributed by atoms with Crippen LogP contribution in [-0.2, 0) is 11.3 Å². The number of hydrogen-bond donors (Lipinski definition) is 1. The second kappa shape index (κ2) is 7.94. The van der Waals surface area contributed by atoms with Gasteiger partial charge in [-0.15, -0.1) is 11.3 Å². The molecule has 1 N–H and O–H groups in total. The maximum absolute atomic E-state index is 10.1. The Labute approximate surface area is 138 Å². The van der Waals surface area contributed by atoms with Gasteiger partial charge in [-0.3, -0.25) is 0 Å². The number of anilines is 1. The van der Waals surface area contributed by atoms with Gasteiger partial charge in [0, 0.05) is 28.6 Å². The Bertz CT molecular complexity index is 559. The van der Waals surface area contributed by atoms with Gasteiger partial charge in [0.1, 0.15) is 0 Å². The Morgan fingerprint density at radius 2 is 2.19 bits per heavy atom. The fraction of sp³-hybridized carbons (Fsp3) is 0.375. The summed E-state index contributed by atoms with van der Waals surface area (Å²) in [5.74, 6) is 0. The van der Waals surface area contributed by atoms with Crippen molar-refractivity contribution >= 4 is 33.0 Å². The summed E-state index contributed by atoms with van der Waals surface area (Å²) in [5, 5.41) is 12.1. The van der Waals surface area contributed by atoms with E-state index in [9.17, 15) is 5.11 Å². The molecule has 0 fully saturated rings. The molecule has 1 unspecified atom stereocenters. The summed E-state index contributed by atoms with van der Waals surface area (Å²) >= 11 is 5.16. The van der Waals surface area contributed by atoms with Crippen molar-refractivity contribution in [3.8, 4) is 0 Å². The van der Waals surface area contributed by atoms with Crippen LogP contribution in [0.1, 0.15) is 10.4 Å². The SMILES string of the molecule is Cc1cc(N(C)CC(O)COCc2cccs2)ccc1Br. The molecule has 114 valence electrons. The molecule has 21 heavy (non-hydrogen) atoms. The predicted octanol–water partition coefficient (Wildman–Crippen LogP) is 3.83. The molecule has 1 aromatic heterocycles. The van der Waals surface area contributed by atoms with Crippen molar-refractivity contribution in [1.82, 2.24) is 0 Å². The lowest BCUT2D eigenvalue weighted by Gasteiger charge is -2.23. The molecule has 0 saturated heterocycles. The minimum Gasteiger partial charge on any atom is -0.389 e. The van der Waals surface area contributed by atoms with Gasteiger partial charge in [-0.1, -0.05) is 22.0 Å². The number of halogens is 1. The number of aliphatic hydroxyl groups is 1. The number of rotatable bonds is 7. The Balaban J connectivity index is 1.78. The van der Waals surface area contributed by atoms with Gasteiger partial charge >= 0.3 is 0 Å². The van der Waals surface area contributed by atoms with Gasteiger partial charge in [0.05, 0.1) is 19.3 Å². The lowest BCUT2D eigenvalue weighted by molar-refractivity contribution is 0.0335. The number of aliphatic hydroxyl groups excluding tert-OH is 1. The molecule has 0 aliphatic carbocycles. The summed E-state index contributed by atoms with van der Waals surface area (Å²) in [4.78, 5) is 3.22. The number of nitrogens with zero attached hydrogens (tertiary/aromatic N) is 1. The number of ether oxygens (including phenoxy) is 1. The second-order valence-electron chi connectivity index (χ2n) is 5.06. The monoisotopic (exact) mass is 369 g/mol. The highest BCUT2D eigenvalue weighted by Crippen LogP contribution is 2.22. The average Bonchev–Trinajstić information content (AvgIpc) is 2.95. The van der Waals surface area contributed by atoms with Crippen LogP contribution in [0.5, 0.6) is 0 Å². The van der Waals surface area contributed by atoms with Crippen molar-refractivity contribution in [2.24, 2.45) is 0 Å². The van der Waals surface area contributed by atoms with Crippen LogP contribution in [0.2, 0.25) is 0 Å². The first-order chi connectivity index (χ1) is 10.1. The zero-order valence-electron chi connectivity index (χ0n) is 12.3. The Morgan fingerprint density at radius 1 is 1.38 bits per heavy atom. The van der Waals surface area contributed by atoms with E-state index in [-0.39, 0.29) is 0 Å². The quantitative estimate of drug-likeness (QED) is 0.804. The molecular weight excluding hydrogens is 350 g/mol. The molecule has 0 radical (unpaired) electrons. The zero-order chi connectivity index (χ0) is 15.2. The van der Waals surface area contributed by atoms with E-state index in [0.29, 0.717) is 19.8 Å². The van der Waals surface area contributed by atoms with Crippen LogP contribution in [0.3, 0.4) is 0 Å². The van der Waals surface area contributed by atoms with E-state index in [4.69, 9.17) is 4.74 Å². The maximum atomic E-state index is 10.1. The maximum Gasteiger partial charge on any atom is 0.0948 e. The van der Waals surface area contributed by atoms with E-state index in [0.717, 1.165) is 10.2 Å². The van der Waals surface area contributed by atoms with Crippen LogP contribution < -0.4 is 4.90 Å². The van der Waals surface area contributed by atoms with Crippen LogP contribution in [0.25, 0.3) is 0 Å². The van der Waals surface area contributed by atoms with Crippen molar-refractivity contribution < 1.29 is 9.84 Å². The molecule has 0 aliphatic heterocycles. The third kappa shape index (κ3) is 5.11. The van der Waals surface area contributed by atoms with Gasteiger partial charge < -0.3 is 14.7 Å². The smallest absolute Gasteiger partial charge is 0.0948 e. The van der Waals surface area contributed by atoms with E-state index in [1.54, 1.807) is 11.3 Å². The van der Waals surface area contributed by atoms with Crippen LogP contribution >= 0.6 is 27.3 Å². The highest BCUT2D eigenvalue weighted by atomic mass is 79.9. The first-order valence-electron chi connectivity index (χ1n) is 6.81. The van der Waals surface area contributed by atoms with E-state index >= 15 is 0 Å². The lowest BCUT2D eigenvalue weighted by atomic mass is 10.2. The van der Waals surface area contributed by atoms with E-state index in [2.05, 4.69) is 28.9 Å². The first kappa shape index (κ1) is 16.5. The Kier molecular flexibility index (Phi) is 6.23. The Morgan fingerprint density at radius 3 is 2.86 bits per heavy atom. The summed E-state index contributed by atoms with van der Waals surface area (Å²) < 4.78 is 6.64. The fourth-order valence-electron chi connectivity index (χ4n) is 2.03. The van der Waals surface area contributed by atoms with Gasteiger partial charge in [-0.05, 0) is 42.1 Å². The summed E-state index contributed by atoms with van der Waals surface area (Å²) in [7, 11) is 1.98.